The van der Waals surface area contributed by atoms with Gasteiger partial charge in [-0.15, -0.1) is 0 Å². The zero-order chi connectivity index (χ0) is 12.4. The molecule has 94 valence electrons. The van der Waals surface area contributed by atoms with E-state index in [0.29, 0.717) is 16.5 Å². The van der Waals surface area contributed by atoms with Gasteiger partial charge in [0.05, 0.1) is 19.2 Å². The van der Waals surface area contributed by atoms with Gasteiger partial charge in [-0.25, -0.2) is 0 Å². The maximum absolute atomic E-state index is 10.1. The first kappa shape index (κ1) is 12.3. The lowest BCUT2D eigenvalue weighted by Crippen LogP contribution is -2.09. The Hall–Kier alpha value is -1.13. The van der Waals surface area contributed by atoms with Crippen molar-refractivity contribution in [2.45, 2.75) is 12.3 Å². The van der Waals surface area contributed by atoms with Crippen molar-refractivity contribution in [1.82, 2.24) is 5.32 Å². The Kier molecular flexibility index (Phi) is 3.64. The molecule has 0 aliphatic carbocycles. The van der Waals surface area contributed by atoms with Gasteiger partial charge in [-0.3, -0.25) is 0 Å². The number of ether oxygens (including phenoxy) is 2. The summed E-state index contributed by atoms with van der Waals surface area (Å²) in [6, 6.07) is 1.57. The van der Waals surface area contributed by atoms with E-state index >= 15 is 0 Å². The lowest BCUT2D eigenvalue weighted by Gasteiger charge is -2.19. The summed E-state index contributed by atoms with van der Waals surface area (Å²) >= 11 is 6.00. The number of benzene rings is 1. The van der Waals surface area contributed by atoms with Crippen molar-refractivity contribution in [3.8, 4) is 17.2 Å². The molecule has 2 N–H and O–H groups in total. The van der Waals surface area contributed by atoms with E-state index in [1.165, 1.54) is 0 Å². The minimum absolute atomic E-state index is 0.0954. The minimum Gasteiger partial charge on any atom is -0.506 e. The van der Waals surface area contributed by atoms with E-state index in [0.717, 1.165) is 25.1 Å². The molecule has 1 aliphatic rings. The highest BCUT2D eigenvalue weighted by Gasteiger charge is 2.27. The van der Waals surface area contributed by atoms with E-state index in [1.54, 1.807) is 20.3 Å². The van der Waals surface area contributed by atoms with Crippen molar-refractivity contribution in [2.24, 2.45) is 0 Å². The molecule has 1 heterocycles. The highest BCUT2D eigenvalue weighted by molar-refractivity contribution is 6.32. The number of phenols is 1. The van der Waals surface area contributed by atoms with Gasteiger partial charge in [-0.2, -0.15) is 0 Å². The third-order valence-electron chi connectivity index (χ3n) is 3.10. The number of methoxy groups -OCH3 is 2. The van der Waals surface area contributed by atoms with Crippen molar-refractivity contribution >= 4 is 11.6 Å². The largest absolute Gasteiger partial charge is 0.506 e. The summed E-state index contributed by atoms with van der Waals surface area (Å²) in [6.45, 7) is 1.75. The summed E-state index contributed by atoms with van der Waals surface area (Å²) in [6.07, 6.45) is 0.952. The first-order chi connectivity index (χ1) is 8.19. The van der Waals surface area contributed by atoms with E-state index < -0.39 is 0 Å². The molecule has 17 heavy (non-hydrogen) atoms. The van der Waals surface area contributed by atoms with Gasteiger partial charge in [0.15, 0.2) is 11.5 Å². The molecular weight excluding hydrogens is 242 g/mol. The van der Waals surface area contributed by atoms with Crippen molar-refractivity contribution in [1.29, 1.82) is 0 Å². The fourth-order valence-electron chi connectivity index (χ4n) is 2.26. The summed E-state index contributed by atoms with van der Waals surface area (Å²) in [5.41, 5.74) is 0.738. The third kappa shape index (κ3) is 2.15. The van der Waals surface area contributed by atoms with Gasteiger partial charge in [-0.1, -0.05) is 11.6 Å². The second-order valence-electron chi connectivity index (χ2n) is 4.05. The fraction of sp³-hybridized carbons (Fsp3) is 0.500. The molecule has 0 saturated carbocycles. The molecule has 1 atom stereocenters. The van der Waals surface area contributed by atoms with Crippen LogP contribution in [-0.2, 0) is 0 Å². The number of rotatable bonds is 3. The van der Waals surface area contributed by atoms with Crippen LogP contribution in [0, 0.1) is 0 Å². The number of hydrogen-bond acceptors (Lipinski definition) is 4. The van der Waals surface area contributed by atoms with Gasteiger partial charge in [0.2, 0.25) is 0 Å². The fourth-order valence-corrected chi connectivity index (χ4v) is 2.46. The Balaban J connectivity index is 2.56. The molecule has 1 aromatic carbocycles. The van der Waals surface area contributed by atoms with Gasteiger partial charge in [0.1, 0.15) is 5.75 Å². The third-order valence-corrected chi connectivity index (χ3v) is 3.39. The average molecular weight is 258 g/mol. The lowest BCUT2D eigenvalue weighted by molar-refractivity contribution is 0.344. The predicted octanol–water partition coefficient (Wildman–Crippen LogP) is 2.14. The maximum Gasteiger partial charge on any atom is 0.168 e. The summed E-state index contributed by atoms with van der Waals surface area (Å²) < 4.78 is 10.6. The highest BCUT2D eigenvalue weighted by atomic mass is 35.5. The molecule has 0 radical (unpaired) electrons. The van der Waals surface area contributed by atoms with Crippen LogP contribution in [-0.4, -0.2) is 32.4 Å². The normalized spacial score (nSPS) is 19.4. The Labute approximate surface area is 105 Å². The number of hydrogen-bond donors (Lipinski definition) is 2. The van der Waals surface area contributed by atoms with Crippen LogP contribution in [0.25, 0.3) is 0 Å². The molecule has 0 aromatic heterocycles. The Bertz CT molecular complexity index is 417. The van der Waals surface area contributed by atoms with E-state index in [2.05, 4.69) is 5.32 Å². The first-order valence-corrected chi connectivity index (χ1v) is 5.90. The van der Waals surface area contributed by atoms with Gasteiger partial charge < -0.3 is 19.9 Å². The van der Waals surface area contributed by atoms with Crippen LogP contribution < -0.4 is 14.8 Å². The molecule has 4 nitrogen and oxygen atoms in total. The number of halogens is 1. The maximum atomic E-state index is 10.1. The van der Waals surface area contributed by atoms with Crippen LogP contribution in [0.15, 0.2) is 6.07 Å². The summed E-state index contributed by atoms with van der Waals surface area (Å²) in [7, 11) is 3.12. The van der Waals surface area contributed by atoms with E-state index in [4.69, 9.17) is 21.1 Å². The van der Waals surface area contributed by atoms with Gasteiger partial charge in [0, 0.05) is 24.1 Å². The van der Waals surface area contributed by atoms with Gasteiger partial charge in [0.25, 0.3) is 0 Å². The molecule has 1 aromatic rings. The molecule has 0 bridgehead atoms. The second-order valence-corrected chi connectivity index (χ2v) is 4.45. The van der Waals surface area contributed by atoms with Crippen molar-refractivity contribution < 1.29 is 14.6 Å². The minimum atomic E-state index is 0.0954. The predicted molar refractivity (Wildman–Crippen MR) is 66.4 cm³/mol. The topological polar surface area (TPSA) is 50.7 Å². The molecule has 0 amide bonds. The van der Waals surface area contributed by atoms with Crippen LogP contribution in [0.4, 0.5) is 0 Å². The molecule has 1 fully saturated rings. The van der Waals surface area contributed by atoms with Crippen LogP contribution in [0.1, 0.15) is 17.9 Å². The Morgan fingerprint density at radius 1 is 1.41 bits per heavy atom. The second kappa shape index (κ2) is 5.02. The van der Waals surface area contributed by atoms with Crippen molar-refractivity contribution in [3.05, 3.63) is 16.7 Å². The smallest absolute Gasteiger partial charge is 0.168 e. The van der Waals surface area contributed by atoms with Crippen LogP contribution in [0.3, 0.4) is 0 Å². The SMILES string of the molecule is COc1cc(Cl)c(O)c(C2CCNC2)c1OC. The summed E-state index contributed by atoms with van der Waals surface area (Å²) in [5, 5.41) is 13.6. The van der Waals surface area contributed by atoms with Crippen LogP contribution in [0.2, 0.25) is 5.02 Å². The lowest BCUT2D eigenvalue weighted by atomic mass is 9.96. The Morgan fingerprint density at radius 2 is 2.18 bits per heavy atom. The molecule has 0 spiro atoms. The Morgan fingerprint density at radius 3 is 2.71 bits per heavy atom. The van der Waals surface area contributed by atoms with Gasteiger partial charge in [-0.05, 0) is 13.0 Å². The summed E-state index contributed by atoms with van der Waals surface area (Å²) in [5.74, 6) is 1.43. The monoisotopic (exact) mass is 257 g/mol. The molecule has 1 aliphatic heterocycles. The van der Waals surface area contributed by atoms with E-state index in [9.17, 15) is 5.11 Å². The van der Waals surface area contributed by atoms with Crippen LogP contribution in [0.5, 0.6) is 17.2 Å². The highest BCUT2D eigenvalue weighted by Crippen LogP contribution is 2.47. The molecule has 1 unspecified atom stereocenters. The zero-order valence-corrected chi connectivity index (χ0v) is 10.7. The standard InChI is InChI=1S/C12H16ClNO3/c1-16-9-5-8(13)11(15)10(12(9)17-2)7-3-4-14-6-7/h5,7,14-15H,3-4,6H2,1-2H3. The molecule has 1 saturated heterocycles. The zero-order valence-electron chi connectivity index (χ0n) is 9.92. The molecular formula is C12H16ClNO3. The van der Waals surface area contributed by atoms with Crippen molar-refractivity contribution in [3.63, 3.8) is 0 Å². The number of phenolic OH excluding ortho intramolecular Hbond substituents is 1. The first-order valence-electron chi connectivity index (χ1n) is 5.53. The van der Waals surface area contributed by atoms with E-state index in [1.807, 2.05) is 0 Å². The van der Waals surface area contributed by atoms with Crippen molar-refractivity contribution in [2.75, 3.05) is 27.3 Å². The molecule has 2 rings (SSSR count). The van der Waals surface area contributed by atoms with E-state index in [-0.39, 0.29) is 11.7 Å². The van der Waals surface area contributed by atoms with Crippen LogP contribution >= 0.6 is 11.6 Å². The average Bonchev–Trinajstić information content (AvgIpc) is 2.85. The quantitative estimate of drug-likeness (QED) is 0.871. The summed E-state index contributed by atoms with van der Waals surface area (Å²) in [4.78, 5) is 0. The number of nitrogens with one attached hydrogen (secondary N) is 1. The van der Waals surface area contributed by atoms with Gasteiger partial charge >= 0.3 is 0 Å². The molecule has 5 heteroatoms. The number of aromatic hydroxyl groups is 1.